The molecule has 7 nitrogen and oxygen atoms in total. The zero-order valence-corrected chi connectivity index (χ0v) is 28.6. The lowest BCUT2D eigenvalue weighted by Crippen LogP contribution is -2.68. The molecule has 1 fully saturated rings. The van der Waals surface area contributed by atoms with Crippen LogP contribution < -0.4 is 10.6 Å². The van der Waals surface area contributed by atoms with Gasteiger partial charge in [0.1, 0.15) is 12.2 Å². The van der Waals surface area contributed by atoms with Crippen LogP contribution in [0.2, 0.25) is 0 Å². The minimum atomic E-state index is -0.866. The van der Waals surface area contributed by atoms with E-state index in [4.69, 9.17) is 26.4 Å². The largest absolute Gasteiger partial charge is 0.368 e. The van der Waals surface area contributed by atoms with E-state index in [0.29, 0.717) is 31.4 Å². The first-order chi connectivity index (χ1) is 24.1. The summed E-state index contributed by atoms with van der Waals surface area (Å²) >= 11 is 5.78. The average Bonchev–Trinajstić information content (AvgIpc) is 3.14. The zero-order valence-electron chi connectivity index (χ0n) is 27.7. The van der Waals surface area contributed by atoms with Gasteiger partial charge < -0.3 is 29.7 Å². The first-order valence-corrected chi connectivity index (χ1v) is 17.3. The predicted octanol–water partition coefficient (Wildman–Crippen LogP) is 7.50. The minimum absolute atomic E-state index is 0.115. The molecule has 8 heteroatoms. The van der Waals surface area contributed by atoms with Gasteiger partial charge >= 0.3 is 0 Å². The number of benzene rings is 5. The number of ether oxygens (including phenoxy) is 3. The van der Waals surface area contributed by atoms with Crippen LogP contribution in [0.5, 0.6) is 0 Å². The Labute approximate surface area is 294 Å². The van der Waals surface area contributed by atoms with Crippen molar-refractivity contribution in [3.63, 3.8) is 0 Å². The third-order valence-corrected chi connectivity index (χ3v) is 8.96. The molecule has 49 heavy (non-hydrogen) atoms. The van der Waals surface area contributed by atoms with Gasteiger partial charge in [-0.25, -0.2) is 0 Å². The summed E-state index contributed by atoms with van der Waals surface area (Å²) in [5, 5.41) is 9.48. The van der Waals surface area contributed by atoms with Crippen molar-refractivity contribution in [2.24, 2.45) is 0 Å². The van der Waals surface area contributed by atoms with Crippen molar-refractivity contribution in [2.75, 3.05) is 18.4 Å². The first-order valence-electron chi connectivity index (χ1n) is 16.9. The van der Waals surface area contributed by atoms with Crippen LogP contribution in [0.15, 0.2) is 133 Å². The molecule has 5 aromatic rings. The van der Waals surface area contributed by atoms with Crippen LogP contribution >= 0.6 is 12.2 Å². The highest BCUT2D eigenvalue weighted by molar-refractivity contribution is 7.80. The van der Waals surface area contributed by atoms with Gasteiger partial charge in [0, 0.05) is 18.8 Å². The Morgan fingerprint density at radius 2 is 1.20 bits per heavy atom. The Hall–Kier alpha value is -4.60. The number of amides is 1. The zero-order chi connectivity index (χ0) is 33.8. The van der Waals surface area contributed by atoms with Crippen LogP contribution in [0, 0.1) is 0 Å². The lowest BCUT2D eigenvalue weighted by Gasteiger charge is -2.48. The molecule has 0 spiro atoms. The van der Waals surface area contributed by atoms with Gasteiger partial charge in [0.05, 0.1) is 25.9 Å². The van der Waals surface area contributed by atoms with Gasteiger partial charge in [-0.1, -0.05) is 128 Å². The van der Waals surface area contributed by atoms with Crippen molar-refractivity contribution in [3.8, 4) is 0 Å². The van der Waals surface area contributed by atoms with Gasteiger partial charge in [-0.05, 0) is 58.2 Å². The van der Waals surface area contributed by atoms with Crippen molar-refractivity contribution < 1.29 is 19.0 Å². The molecule has 0 radical (unpaired) electrons. The monoisotopic (exact) mass is 673 g/mol. The summed E-state index contributed by atoms with van der Waals surface area (Å²) < 4.78 is 19.9. The summed E-state index contributed by atoms with van der Waals surface area (Å²) in [4.78, 5) is 16.3. The summed E-state index contributed by atoms with van der Waals surface area (Å²) in [6.45, 7) is 3.91. The lowest BCUT2D eigenvalue weighted by atomic mass is 9.91. The molecule has 4 atom stereocenters. The van der Waals surface area contributed by atoms with Gasteiger partial charge in [0.25, 0.3) is 5.91 Å². The van der Waals surface area contributed by atoms with Gasteiger partial charge in [0.15, 0.2) is 11.2 Å². The number of hydrogen-bond acceptors (Lipinski definition) is 5. The second-order valence-electron chi connectivity index (χ2n) is 12.2. The number of carbonyl (C=O) groups is 1. The second kappa shape index (κ2) is 17.2. The number of carbonyl (C=O) groups excluding carboxylic acids is 1. The second-order valence-corrected chi connectivity index (χ2v) is 12.6. The maximum atomic E-state index is 14.4. The molecule has 0 bridgehead atoms. The van der Waals surface area contributed by atoms with E-state index < -0.39 is 18.3 Å². The number of thiocarbonyl (C=S) groups is 1. The van der Waals surface area contributed by atoms with E-state index in [0.717, 1.165) is 39.6 Å². The predicted molar refractivity (Wildman–Crippen MR) is 199 cm³/mol. The number of nitrogens with zero attached hydrogens (tertiary/aromatic N) is 1. The van der Waals surface area contributed by atoms with Crippen molar-refractivity contribution >= 4 is 39.7 Å². The molecule has 1 aliphatic rings. The van der Waals surface area contributed by atoms with Crippen molar-refractivity contribution in [1.29, 1.82) is 0 Å². The highest BCUT2D eigenvalue weighted by atomic mass is 32.1. The summed E-state index contributed by atoms with van der Waals surface area (Å²) in [5.41, 5.74) is 3.90. The number of nitrogens with one attached hydrogen (secondary N) is 2. The van der Waals surface area contributed by atoms with Gasteiger partial charge in [-0.3, -0.25) is 4.79 Å². The Bertz CT molecular complexity index is 1790. The molecule has 252 valence electrons. The molecule has 0 aromatic heterocycles. The molecule has 1 heterocycles. The molecule has 0 unspecified atom stereocenters. The fourth-order valence-corrected chi connectivity index (χ4v) is 6.47. The number of rotatable bonds is 14. The number of hydrogen-bond donors (Lipinski definition) is 2. The van der Waals surface area contributed by atoms with E-state index in [1.54, 1.807) is 0 Å². The van der Waals surface area contributed by atoms with Crippen molar-refractivity contribution in [1.82, 2.24) is 10.2 Å². The fraction of sp³-hybridized carbons (Fsp3) is 0.268. The lowest BCUT2D eigenvalue weighted by molar-refractivity contribution is -0.208. The standard InChI is InChI=1S/C41H43N3O4S/c1-2-24-44-36(26-42-41(49)43-35-23-22-33-20-12-13-21-34(33)25-35)37(46-27-30-14-6-3-7-15-30)38(47-28-31-16-8-4-9-17-31)39(40(44)45)48-29-32-18-10-5-11-19-32/h3-23,25,36-39H,2,24,26-29H2,1H3,(H2,42,43,49)/t36-,37-,38-,39-/m1/s1. The molecule has 0 aliphatic carbocycles. The van der Waals surface area contributed by atoms with Crippen LogP contribution in [-0.4, -0.2) is 53.4 Å². The van der Waals surface area contributed by atoms with Gasteiger partial charge in [-0.2, -0.15) is 0 Å². The van der Waals surface area contributed by atoms with Crippen LogP contribution in [0.25, 0.3) is 10.8 Å². The third-order valence-electron chi connectivity index (χ3n) is 8.71. The first kappa shape index (κ1) is 34.3. The Balaban J connectivity index is 1.27. The quantitative estimate of drug-likeness (QED) is 0.118. The van der Waals surface area contributed by atoms with E-state index in [-0.39, 0.29) is 18.6 Å². The fourth-order valence-electron chi connectivity index (χ4n) is 6.27. The minimum Gasteiger partial charge on any atom is -0.368 e. The smallest absolute Gasteiger partial charge is 0.254 e. The van der Waals surface area contributed by atoms with E-state index in [1.165, 1.54) is 0 Å². The number of piperidine rings is 1. The van der Waals surface area contributed by atoms with E-state index in [2.05, 4.69) is 41.8 Å². The number of fused-ring (bicyclic) bond motifs is 1. The van der Waals surface area contributed by atoms with E-state index >= 15 is 0 Å². The summed E-state index contributed by atoms with van der Waals surface area (Å²) in [6.07, 6.45) is -1.30. The van der Waals surface area contributed by atoms with Crippen molar-refractivity contribution in [3.05, 3.63) is 150 Å². The maximum Gasteiger partial charge on any atom is 0.254 e. The van der Waals surface area contributed by atoms with Crippen molar-refractivity contribution in [2.45, 2.75) is 57.5 Å². The van der Waals surface area contributed by atoms with Crippen LogP contribution in [0.1, 0.15) is 30.0 Å². The highest BCUT2D eigenvalue weighted by Gasteiger charge is 2.50. The average molecular weight is 674 g/mol. The molecule has 0 saturated carbocycles. The van der Waals surface area contributed by atoms with Crippen LogP contribution in [0.4, 0.5) is 5.69 Å². The molecular weight excluding hydrogens is 631 g/mol. The summed E-state index contributed by atoms with van der Waals surface area (Å²) in [7, 11) is 0. The molecule has 1 aliphatic heterocycles. The maximum absolute atomic E-state index is 14.4. The molecule has 2 N–H and O–H groups in total. The molecular formula is C41H43N3O4S. The third kappa shape index (κ3) is 9.10. The Morgan fingerprint density at radius 3 is 1.80 bits per heavy atom. The molecule has 1 saturated heterocycles. The Morgan fingerprint density at radius 1 is 0.673 bits per heavy atom. The topological polar surface area (TPSA) is 72.1 Å². The van der Waals surface area contributed by atoms with Gasteiger partial charge in [0.2, 0.25) is 0 Å². The molecule has 5 aromatic carbocycles. The number of anilines is 1. The summed E-state index contributed by atoms with van der Waals surface area (Å²) in [5.74, 6) is -0.115. The Kier molecular flexibility index (Phi) is 12.0. The molecule has 6 rings (SSSR count). The van der Waals surface area contributed by atoms with Crippen LogP contribution in [-0.2, 0) is 38.8 Å². The highest BCUT2D eigenvalue weighted by Crippen LogP contribution is 2.30. The van der Waals surface area contributed by atoms with Gasteiger partial charge in [-0.15, -0.1) is 0 Å². The van der Waals surface area contributed by atoms with E-state index in [1.807, 2.05) is 114 Å². The number of likely N-dealkylation sites (tertiary alicyclic amines) is 1. The SMILES string of the molecule is CCCN1C(=O)[C@H](OCc2ccccc2)[C@H](OCc2ccccc2)[C@H](OCc2ccccc2)[C@H]1CNC(=S)Nc1ccc2ccccc2c1. The normalized spacial score (nSPS) is 19.1. The summed E-state index contributed by atoms with van der Waals surface area (Å²) in [6, 6.07) is 43.9. The van der Waals surface area contributed by atoms with E-state index in [9.17, 15) is 4.79 Å². The molecule has 1 amide bonds. The van der Waals surface area contributed by atoms with Crippen LogP contribution in [0.3, 0.4) is 0 Å².